The number of rotatable bonds is 6. The molecule has 0 saturated heterocycles. The third-order valence-corrected chi connectivity index (χ3v) is 3.31. The molecule has 1 aliphatic rings. The molecule has 0 heterocycles. The van der Waals surface area contributed by atoms with Gasteiger partial charge in [-0.1, -0.05) is 25.7 Å². The monoisotopic (exact) mass is 239 g/mol. The molecule has 0 aromatic rings. The van der Waals surface area contributed by atoms with Crippen LogP contribution >= 0.6 is 0 Å². The Morgan fingerprint density at radius 2 is 2.18 bits per heavy atom. The first-order chi connectivity index (χ1) is 8.17. The molecule has 0 spiro atoms. The van der Waals surface area contributed by atoms with Crippen molar-refractivity contribution >= 4 is 5.97 Å². The highest BCUT2D eigenvalue weighted by Gasteiger charge is 2.25. The van der Waals surface area contributed by atoms with Crippen molar-refractivity contribution in [3.63, 3.8) is 0 Å². The zero-order valence-corrected chi connectivity index (χ0v) is 10.4. The molecule has 0 aromatic heterocycles. The summed E-state index contributed by atoms with van der Waals surface area (Å²) in [4.78, 5) is 11.4. The van der Waals surface area contributed by atoms with Crippen LogP contribution in [0, 0.1) is 23.2 Å². The van der Waals surface area contributed by atoms with Gasteiger partial charge in [-0.25, -0.2) is 0 Å². The van der Waals surface area contributed by atoms with Gasteiger partial charge < -0.3 is 9.84 Å². The highest BCUT2D eigenvalue weighted by Crippen LogP contribution is 2.29. The Labute approximate surface area is 103 Å². The minimum absolute atomic E-state index is 0.200. The normalized spacial score (nSPS) is 19.6. The summed E-state index contributed by atoms with van der Waals surface area (Å²) in [6.45, 7) is 1.98. The lowest BCUT2D eigenvalue weighted by molar-refractivity contribution is -0.147. The summed E-state index contributed by atoms with van der Waals surface area (Å²) in [6.07, 6.45) is 5.13. The Kier molecular flexibility index (Phi) is 5.99. The molecule has 0 aromatic carbocycles. The standard InChI is InChI=1S/C13H21NO3/c1-2-17-13(16)11(9-14)8-12(15)7-10-5-3-4-6-10/h10-12,15H,2-8H2,1H3. The molecule has 0 amide bonds. The maximum atomic E-state index is 11.4. The lowest BCUT2D eigenvalue weighted by Gasteiger charge is -2.17. The highest BCUT2D eigenvalue weighted by molar-refractivity contribution is 5.75. The first kappa shape index (κ1) is 14.0. The molecule has 2 unspecified atom stereocenters. The van der Waals surface area contributed by atoms with E-state index in [0.717, 1.165) is 12.8 Å². The second-order valence-electron chi connectivity index (χ2n) is 4.71. The summed E-state index contributed by atoms with van der Waals surface area (Å²) in [5, 5.41) is 18.7. The van der Waals surface area contributed by atoms with Gasteiger partial charge in [-0.15, -0.1) is 0 Å². The summed E-state index contributed by atoms with van der Waals surface area (Å²) < 4.78 is 4.79. The summed E-state index contributed by atoms with van der Waals surface area (Å²) >= 11 is 0. The van der Waals surface area contributed by atoms with Crippen LogP contribution in [0.4, 0.5) is 0 Å². The largest absolute Gasteiger partial charge is 0.465 e. The molecular formula is C13H21NO3. The van der Waals surface area contributed by atoms with E-state index in [1.165, 1.54) is 12.8 Å². The van der Waals surface area contributed by atoms with Crippen LogP contribution in [0.15, 0.2) is 0 Å². The Bertz CT molecular complexity index is 279. The molecule has 4 heteroatoms. The number of hydrogen-bond donors (Lipinski definition) is 1. The molecule has 0 aliphatic heterocycles. The molecule has 2 atom stereocenters. The number of carbonyl (C=O) groups is 1. The Hall–Kier alpha value is -1.08. The predicted octanol–water partition coefficient (Wildman–Crippen LogP) is 2.02. The fraction of sp³-hybridized carbons (Fsp3) is 0.846. The number of hydrogen-bond acceptors (Lipinski definition) is 4. The zero-order chi connectivity index (χ0) is 12.7. The summed E-state index contributed by atoms with van der Waals surface area (Å²) in [7, 11) is 0. The van der Waals surface area contributed by atoms with Crippen molar-refractivity contribution in [3.8, 4) is 6.07 Å². The third-order valence-electron chi connectivity index (χ3n) is 3.31. The fourth-order valence-electron chi connectivity index (χ4n) is 2.44. The molecule has 1 aliphatic carbocycles. The van der Waals surface area contributed by atoms with Gasteiger partial charge in [0.15, 0.2) is 0 Å². The van der Waals surface area contributed by atoms with E-state index < -0.39 is 18.0 Å². The maximum absolute atomic E-state index is 11.4. The molecule has 1 rings (SSSR count). The molecule has 0 radical (unpaired) electrons. The minimum Gasteiger partial charge on any atom is -0.465 e. The topological polar surface area (TPSA) is 70.3 Å². The summed E-state index contributed by atoms with van der Waals surface area (Å²) in [5.74, 6) is -0.779. The average molecular weight is 239 g/mol. The molecular weight excluding hydrogens is 218 g/mol. The predicted molar refractivity (Wildman–Crippen MR) is 62.9 cm³/mol. The van der Waals surface area contributed by atoms with E-state index in [4.69, 9.17) is 10.00 Å². The van der Waals surface area contributed by atoms with Crippen LogP contribution < -0.4 is 0 Å². The number of nitrogens with zero attached hydrogens (tertiary/aromatic N) is 1. The van der Waals surface area contributed by atoms with Crippen LogP contribution in [0.1, 0.15) is 45.4 Å². The molecule has 1 fully saturated rings. The van der Waals surface area contributed by atoms with Crippen LogP contribution in [0.3, 0.4) is 0 Å². The average Bonchev–Trinajstić information content (AvgIpc) is 2.78. The van der Waals surface area contributed by atoms with Crippen molar-refractivity contribution in [2.24, 2.45) is 11.8 Å². The van der Waals surface area contributed by atoms with Crippen molar-refractivity contribution in [1.82, 2.24) is 0 Å². The summed E-state index contributed by atoms with van der Waals surface area (Å²) in [5.41, 5.74) is 0. The van der Waals surface area contributed by atoms with E-state index in [0.29, 0.717) is 12.3 Å². The van der Waals surface area contributed by atoms with Crippen LogP contribution in [-0.4, -0.2) is 23.8 Å². The van der Waals surface area contributed by atoms with Crippen LogP contribution in [0.25, 0.3) is 0 Å². The van der Waals surface area contributed by atoms with Gasteiger partial charge in [0, 0.05) is 0 Å². The van der Waals surface area contributed by atoms with E-state index in [-0.39, 0.29) is 13.0 Å². The van der Waals surface area contributed by atoms with Gasteiger partial charge in [0.1, 0.15) is 5.92 Å². The van der Waals surface area contributed by atoms with Gasteiger partial charge in [0.25, 0.3) is 0 Å². The van der Waals surface area contributed by atoms with Crippen molar-refractivity contribution in [3.05, 3.63) is 0 Å². The molecule has 4 nitrogen and oxygen atoms in total. The van der Waals surface area contributed by atoms with Crippen LogP contribution in [0.5, 0.6) is 0 Å². The third kappa shape index (κ3) is 4.74. The van der Waals surface area contributed by atoms with Crippen molar-refractivity contribution < 1.29 is 14.6 Å². The number of esters is 1. The maximum Gasteiger partial charge on any atom is 0.323 e. The Morgan fingerprint density at radius 1 is 1.53 bits per heavy atom. The number of carbonyl (C=O) groups excluding carboxylic acids is 1. The van der Waals surface area contributed by atoms with Gasteiger partial charge >= 0.3 is 5.97 Å². The fourth-order valence-corrected chi connectivity index (χ4v) is 2.44. The molecule has 96 valence electrons. The van der Waals surface area contributed by atoms with Gasteiger partial charge in [-0.2, -0.15) is 5.26 Å². The van der Waals surface area contributed by atoms with E-state index in [1.807, 2.05) is 6.07 Å². The van der Waals surface area contributed by atoms with E-state index >= 15 is 0 Å². The number of nitriles is 1. The van der Waals surface area contributed by atoms with Gasteiger partial charge in [0.2, 0.25) is 0 Å². The molecule has 0 bridgehead atoms. The SMILES string of the molecule is CCOC(=O)C(C#N)CC(O)CC1CCCC1. The number of ether oxygens (including phenoxy) is 1. The van der Waals surface area contributed by atoms with Crippen LogP contribution in [-0.2, 0) is 9.53 Å². The zero-order valence-electron chi connectivity index (χ0n) is 10.4. The van der Waals surface area contributed by atoms with Gasteiger partial charge in [0.05, 0.1) is 18.8 Å². The van der Waals surface area contributed by atoms with Gasteiger partial charge in [-0.05, 0) is 25.7 Å². The Morgan fingerprint density at radius 3 is 2.71 bits per heavy atom. The quantitative estimate of drug-likeness (QED) is 0.720. The molecule has 17 heavy (non-hydrogen) atoms. The van der Waals surface area contributed by atoms with Gasteiger partial charge in [-0.3, -0.25) is 4.79 Å². The number of aliphatic hydroxyl groups excluding tert-OH is 1. The summed E-state index contributed by atoms with van der Waals surface area (Å²) in [6, 6.07) is 1.91. The van der Waals surface area contributed by atoms with Crippen LogP contribution in [0.2, 0.25) is 0 Å². The lowest BCUT2D eigenvalue weighted by Crippen LogP contribution is -2.23. The van der Waals surface area contributed by atoms with E-state index in [9.17, 15) is 9.90 Å². The molecule has 1 saturated carbocycles. The van der Waals surface area contributed by atoms with Crippen molar-refractivity contribution in [1.29, 1.82) is 5.26 Å². The van der Waals surface area contributed by atoms with Crippen molar-refractivity contribution in [2.75, 3.05) is 6.61 Å². The lowest BCUT2D eigenvalue weighted by atomic mass is 9.94. The first-order valence-corrected chi connectivity index (χ1v) is 6.41. The Balaban J connectivity index is 2.34. The highest BCUT2D eigenvalue weighted by atomic mass is 16.5. The van der Waals surface area contributed by atoms with E-state index in [2.05, 4.69) is 0 Å². The molecule has 1 N–H and O–H groups in total. The second-order valence-corrected chi connectivity index (χ2v) is 4.71. The second kappa shape index (κ2) is 7.29. The van der Waals surface area contributed by atoms with E-state index in [1.54, 1.807) is 6.92 Å². The smallest absolute Gasteiger partial charge is 0.323 e. The van der Waals surface area contributed by atoms with Crippen molar-refractivity contribution in [2.45, 2.75) is 51.6 Å². The first-order valence-electron chi connectivity index (χ1n) is 6.41. The minimum atomic E-state index is -0.827. The number of aliphatic hydroxyl groups is 1.